The lowest BCUT2D eigenvalue weighted by molar-refractivity contribution is 0.190. The van der Waals surface area contributed by atoms with E-state index in [2.05, 4.69) is 27.4 Å². The summed E-state index contributed by atoms with van der Waals surface area (Å²) in [6, 6.07) is 18.0. The van der Waals surface area contributed by atoms with Crippen LogP contribution in [0.1, 0.15) is 17.4 Å². The first-order valence-corrected chi connectivity index (χ1v) is 8.81. The highest BCUT2D eigenvalue weighted by atomic mass is 16.5. The van der Waals surface area contributed by atoms with Crippen molar-refractivity contribution in [1.29, 1.82) is 0 Å². The van der Waals surface area contributed by atoms with Gasteiger partial charge in [-0.2, -0.15) is 4.98 Å². The van der Waals surface area contributed by atoms with Crippen LogP contribution in [0.15, 0.2) is 59.1 Å². The minimum atomic E-state index is 0.148. The third-order valence-electron chi connectivity index (χ3n) is 4.60. The Bertz CT molecular complexity index is 833. The van der Waals surface area contributed by atoms with Gasteiger partial charge in [-0.15, -0.1) is 0 Å². The van der Waals surface area contributed by atoms with Gasteiger partial charge in [-0.05, 0) is 36.9 Å². The minimum absolute atomic E-state index is 0.148. The molecular formula is C20H22N4O2. The summed E-state index contributed by atoms with van der Waals surface area (Å²) in [7, 11) is 2.08. The first kappa shape index (κ1) is 16.8. The summed E-state index contributed by atoms with van der Waals surface area (Å²) in [5, 5.41) is 7.53. The van der Waals surface area contributed by atoms with Gasteiger partial charge in [0.05, 0.1) is 6.04 Å². The molecule has 1 fully saturated rings. The molecule has 6 nitrogen and oxygen atoms in total. The fourth-order valence-corrected chi connectivity index (χ4v) is 3.02. The zero-order valence-corrected chi connectivity index (χ0v) is 14.8. The predicted molar refractivity (Wildman–Crippen MR) is 98.7 cm³/mol. The van der Waals surface area contributed by atoms with E-state index in [1.807, 2.05) is 54.6 Å². The van der Waals surface area contributed by atoms with E-state index in [0.717, 1.165) is 42.3 Å². The molecule has 1 aromatic heterocycles. The van der Waals surface area contributed by atoms with Gasteiger partial charge in [-0.25, -0.2) is 0 Å². The third kappa shape index (κ3) is 3.76. The highest BCUT2D eigenvalue weighted by Crippen LogP contribution is 2.24. The highest BCUT2D eigenvalue weighted by molar-refractivity contribution is 5.54. The second kappa shape index (κ2) is 7.68. The number of ether oxygens (including phenoxy) is 1. The summed E-state index contributed by atoms with van der Waals surface area (Å²) in [6.45, 7) is 3.35. The molecule has 0 aliphatic carbocycles. The van der Waals surface area contributed by atoms with Gasteiger partial charge < -0.3 is 14.6 Å². The Morgan fingerprint density at radius 2 is 1.96 bits per heavy atom. The highest BCUT2D eigenvalue weighted by Gasteiger charge is 2.25. The maximum atomic E-state index is 5.82. The summed E-state index contributed by atoms with van der Waals surface area (Å²) in [5.74, 6) is 2.07. The predicted octanol–water partition coefficient (Wildman–Crippen LogP) is 2.89. The van der Waals surface area contributed by atoms with Gasteiger partial charge in [0.2, 0.25) is 0 Å². The second-order valence-electron chi connectivity index (χ2n) is 6.46. The standard InChI is InChI=1S/C20H22N4O2/c1-24-12-11-21-13-18(24)19-22-20(26-23-19)16-7-9-17(10-8-16)25-14-15-5-3-2-4-6-15/h2-10,18,21H,11-14H2,1H3. The van der Waals surface area contributed by atoms with Gasteiger partial charge in [0.15, 0.2) is 5.82 Å². The average Bonchev–Trinajstić information content (AvgIpc) is 3.18. The first-order valence-electron chi connectivity index (χ1n) is 8.81. The van der Waals surface area contributed by atoms with Gasteiger partial charge in [0.1, 0.15) is 12.4 Å². The molecule has 3 aromatic rings. The van der Waals surface area contributed by atoms with Crippen molar-refractivity contribution in [2.24, 2.45) is 0 Å². The zero-order chi connectivity index (χ0) is 17.8. The van der Waals surface area contributed by atoms with Crippen LogP contribution in [0, 0.1) is 0 Å². The molecule has 1 aliphatic rings. The fraction of sp³-hybridized carbons (Fsp3) is 0.300. The van der Waals surface area contributed by atoms with Crippen LogP contribution in [-0.2, 0) is 6.61 Å². The summed E-state index contributed by atoms with van der Waals surface area (Å²) in [4.78, 5) is 6.82. The van der Waals surface area contributed by atoms with E-state index < -0.39 is 0 Å². The van der Waals surface area contributed by atoms with E-state index in [1.54, 1.807) is 0 Å². The van der Waals surface area contributed by atoms with Crippen LogP contribution in [-0.4, -0.2) is 41.7 Å². The van der Waals surface area contributed by atoms with Gasteiger partial charge in [0, 0.05) is 25.2 Å². The molecule has 2 aromatic carbocycles. The SMILES string of the molecule is CN1CCNCC1c1noc(-c2ccc(OCc3ccccc3)cc2)n1. The Morgan fingerprint density at radius 1 is 1.15 bits per heavy atom. The lowest BCUT2D eigenvalue weighted by Gasteiger charge is -2.30. The van der Waals surface area contributed by atoms with Crippen molar-refractivity contribution in [3.63, 3.8) is 0 Å². The quantitative estimate of drug-likeness (QED) is 0.763. The minimum Gasteiger partial charge on any atom is -0.489 e. The molecule has 0 bridgehead atoms. The third-order valence-corrected chi connectivity index (χ3v) is 4.60. The monoisotopic (exact) mass is 350 g/mol. The van der Waals surface area contributed by atoms with Crippen molar-refractivity contribution < 1.29 is 9.26 Å². The fourth-order valence-electron chi connectivity index (χ4n) is 3.02. The van der Waals surface area contributed by atoms with Crippen LogP contribution < -0.4 is 10.1 Å². The maximum Gasteiger partial charge on any atom is 0.257 e. The topological polar surface area (TPSA) is 63.4 Å². The molecule has 0 radical (unpaired) electrons. The molecule has 1 saturated heterocycles. The number of rotatable bonds is 5. The smallest absolute Gasteiger partial charge is 0.257 e. The van der Waals surface area contributed by atoms with Crippen LogP contribution in [0.3, 0.4) is 0 Å². The number of benzene rings is 2. The molecule has 1 aliphatic heterocycles. The van der Waals surface area contributed by atoms with E-state index in [4.69, 9.17) is 9.26 Å². The van der Waals surface area contributed by atoms with Crippen molar-refractivity contribution in [3.05, 3.63) is 66.0 Å². The normalized spacial score (nSPS) is 18.0. The van der Waals surface area contributed by atoms with E-state index in [1.165, 1.54) is 0 Å². The molecule has 1 N–H and O–H groups in total. The number of piperazine rings is 1. The number of nitrogens with zero attached hydrogens (tertiary/aromatic N) is 3. The Kier molecular flexibility index (Phi) is 4.95. The molecule has 0 amide bonds. The number of nitrogens with one attached hydrogen (secondary N) is 1. The largest absolute Gasteiger partial charge is 0.489 e. The van der Waals surface area contributed by atoms with Crippen LogP contribution in [0.2, 0.25) is 0 Å². The van der Waals surface area contributed by atoms with Crippen LogP contribution in [0.4, 0.5) is 0 Å². The first-order chi connectivity index (χ1) is 12.8. The van der Waals surface area contributed by atoms with E-state index in [9.17, 15) is 0 Å². The number of hydrogen-bond donors (Lipinski definition) is 1. The van der Waals surface area contributed by atoms with E-state index in [0.29, 0.717) is 12.5 Å². The van der Waals surface area contributed by atoms with Crippen molar-refractivity contribution in [1.82, 2.24) is 20.4 Å². The maximum absolute atomic E-state index is 5.82. The summed E-state index contributed by atoms with van der Waals surface area (Å²) in [6.07, 6.45) is 0. The average molecular weight is 350 g/mol. The van der Waals surface area contributed by atoms with Crippen molar-refractivity contribution in [2.75, 3.05) is 26.7 Å². The van der Waals surface area contributed by atoms with Gasteiger partial charge in [0.25, 0.3) is 5.89 Å². The van der Waals surface area contributed by atoms with Crippen molar-refractivity contribution in [3.8, 4) is 17.2 Å². The van der Waals surface area contributed by atoms with E-state index in [-0.39, 0.29) is 6.04 Å². The van der Waals surface area contributed by atoms with Crippen molar-refractivity contribution >= 4 is 0 Å². The Hall–Kier alpha value is -2.70. The molecule has 2 heterocycles. The van der Waals surface area contributed by atoms with Gasteiger partial charge in [-0.3, -0.25) is 4.90 Å². The molecule has 4 rings (SSSR count). The Balaban J connectivity index is 1.42. The zero-order valence-electron chi connectivity index (χ0n) is 14.8. The molecule has 1 atom stereocenters. The van der Waals surface area contributed by atoms with Crippen LogP contribution in [0.25, 0.3) is 11.5 Å². The molecule has 134 valence electrons. The molecule has 26 heavy (non-hydrogen) atoms. The lowest BCUT2D eigenvalue weighted by Crippen LogP contribution is -2.44. The summed E-state index contributed by atoms with van der Waals surface area (Å²) < 4.78 is 11.3. The van der Waals surface area contributed by atoms with E-state index >= 15 is 0 Å². The summed E-state index contributed by atoms with van der Waals surface area (Å²) >= 11 is 0. The molecular weight excluding hydrogens is 328 g/mol. The number of aromatic nitrogens is 2. The number of hydrogen-bond acceptors (Lipinski definition) is 6. The van der Waals surface area contributed by atoms with Gasteiger partial charge in [-0.1, -0.05) is 35.5 Å². The number of likely N-dealkylation sites (N-methyl/N-ethyl adjacent to an activating group) is 1. The molecule has 0 saturated carbocycles. The lowest BCUT2D eigenvalue weighted by atomic mass is 10.2. The van der Waals surface area contributed by atoms with Crippen molar-refractivity contribution in [2.45, 2.75) is 12.6 Å². The molecule has 1 unspecified atom stereocenters. The molecule has 0 spiro atoms. The Labute approximate surface area is 152 Å². The van der Waals surface area contributed by atoms with Crippen LogP contribution in [0.5, 0.6) is 5.75 Å². The molecule has 6 heteroatoms. The van der Waals surface area contributed by atoms with Gasteiger partial charge >= 0.3 is 0 Å². The Morgan fingerprint density at radius 3 is 2.73 bits per heavy atom. The van der Waals surface area contributed by atoms with Crippen LogP contribution >= 0.6 is 0 Å². The summed E-state index contributed by atoms with van der Waals surface area (Å²) in [5.41, 5.74) is 2.03. The second-order valence-corrected chi connectivity index (χ2v) is 6.46.